The van der Waals surface area contributed by atoms with E-state index in [2.05, 4.69) is 4.99 Å². The molecule has 3 nitrogen and oxygen atoms in total. The fourth-order valence-electron chi connectivity index (χ4n) is 2.00. The van der Waals surface area contributed by atoms with Crippen molar-refractivity contribution in [2.45, 2.75) is 39.7 Å². The molecule has 0 N–H and O–H groups in total. The van der Waals surface area contributed by atoms with Gasteiger partial charge in [0.2, 0.25) is 5.91 Å². The summed E-state index contributed by atoms with van der Waals surface area (Å²) in [5, 5.41) is 0. The van der Waals surface area contributed by atoms with Gasteiger partial charge in [-0.25, -0.2) is 8.78 Å². The molecule has 0 spiro atoms. The zero-order valence-corrected chi connectivity index (χ0v) is 12.3. The van der Waals surface area contributed by atoms with Gasteiger partial charge in [0.15, 0.2) is 10.6 Å². The molecule has 0 radical (unpaired) electrons. The lowest BCUT2D eigenvalue weighted by Gasteiger charge is -2.01. The highest BCUT2D eigenvalue weighted by atomic mass is 32.1. The molecule has 6 heteroatoms. The van der Waals surface area contributed by atoms with Crippen LogP contribution in [-0.2, 0) is 11.3 Å². The van der Waals surface area contributed by atoms with E-state index in [1.54, 1.807) is 4.57 Å². The van der Waals surface area contributed by atoms with Crippen LogP contribution < -0.4 is 4.80 Å². The van der Waals surface area contributed by atoms with Crippen LogP contribution >= 0.6 is 11.3 Å². The van der Waals surface area contributed by atoms with Gasteiger partial charge < -0.3 is 4.57 Å². The maximum absolute atomic E-state index is 13.9. The number of thiazole rings is 1. The molecule has 108 valence electrons. The molecular formula is C14H16F2N2OS. The lowest BCUT2D eigenvalue weighted by Crippen LogP contribution is -2.16. The van der Waals surface area contributed by atoms with Crippen molar-refractivity contribution in [3.63, 3.8) is 0 Å². The molecule has 0 saturated heterocycles. The van der Waals surface area contributed by atoms with Crippen LogP contribution in [0.1, 0.15) is 33.1 Å². The first-order chi connectivity index (χ1) is 9.56. The van der Waals surface area contributed by atoms with Crippen LogP contribution in [0.25, 0.3) is 10.2 Å². The van der Waals surface area contributed by atoms with Crippen molar-refractivity contribution in [3.05, 3.63) is 28.6 Å². The van der Waals surface area contributed by atoms with Crippen LogP contribution in [0.15, 0.2) is 17.1 Å². The van der Waals surface area contributed by atoms with Gasteiger partial charge in [-0.05, 0) is 19.4 Å². The predicted molar refractivity (Wildman–Crippen MR) is 75.5 cm³/mol. The highest BCUT2D eigenvalue weighted by molar-refractivity contribution is 7.16. The van der Waals surface area contributed by atoms with E-state index in [4.69, 9.17) is 0 Å². The van der Waals surface area contributed by atoms with Crippen LogP contribution in [0, 0.1) is 11.6 Å². The lowest BCUT2D eigenvalue weighted by molar-refractivity contribution is -0.118. The van der Waals surface area contributed by atoms with E-state index >= 15 is 0 Å². The number of halogens is 2. The number of aromatic nitrogens is 1. The number of aryl methyl sites for hydroxylation is 1. The summed E-state index contributed by atoms with van der Waals surface area (Å²) in [7, 11) is 0. The number of benzene rings is 1. The monoisotopic (exact) mass is 298 g/mol. The number of hydrogen-bond acceptors (Lipinski definition) is 2. The summed E-state index contributed by atoms with van der Waals surface area (Å²) in [5.41, 5.74) is 0.306. The average molecular weight is 298 g/mol. The van der Waals surface area contributed by atoms with E-state index < -0.39 is 11.6 Å². The second-order valence-corrected chi connectivity index (χ2v) is 5.48. The van der Waals surface area contributed by atoms with Gasteiger partial charge in [-0.1, -0.05) is 24.7 Å². The largest absolute Gasteiger partial charge is 0.314 e. The fourth-order valence-corrected chi connectivity index (χ4v) is 3.15. The number of amides is 1. The number of nitrogens with zero attached hydrogens (tertiary/aromatic N) is 2. The van der Waals surface area contributed by atoms with E-state index in [1.165, 1.54) is 6.07 Å². The standard InChI is InChI=1S/C14H16F2N2OS/c1-3-5-6-12(19)17-14-18(4-2)13-10(16)7-9(15)8-11(13)20-14/h7-8H,3-6H2,1-2H3. The molecule has 0 aliphatic carbocycles. The third-order valence-electron chi connectivity index (χ3n) is 2.98. The average Bonchev–Trinajstić information content (AvgIpc) is 2.73. The third kappa shape index (κ3) is 2.95. The molecule has 20 heavy (non-hydrogen) atoms. The number of carbonyl (C=O) groups is 1. The topological polar surface area (TPSA) is 34.4 Å². The Balaban J connectivity index is 2.56. The first-order valence-electron chi connectivity index (χ1n) is 6.62. The maximum atomic E-state index is 13.9. The summed E-state index contributed by atoms with van der Waals surface area (Å²) in [4.78, 5) is 16.2. The van der Waals surface area contributed by atoms with Crippen LogP contribution in [0.5, 0.6) is 0 Å². The van der Waals surface area contributed by atoms with Gasteiger partial charge in [-0.3, -0.25) is 4.79 Å². The number of rotatable bonds is 4. The highest BCUT2D eigenvalue weighted by Gasteiger charge is 2.12. The van der Waals surface area contributed by atoms with Gasteiger partial charge in [-0.2, -0.15) is 4.99 Å². The minimum atomic E-state index is -0.624. The fraction of sp³-hybridized carbons (Fsp3) is 0.429. The second-order valence-electron chi connectivity index (χ2n) is 4.47. The molecule has 0 aliphatic heterocycles. The Hall–Kier alpha value is -1.56. The van der Waals surface area contributed by atoms with Crippen LogP contribution in [0.4, 0.5) is 8.78 Å². The number of unbranched alkanes of at least 4 members (excludes halogenated alkanes) is 1. The van der Waals surface area contributed by atoms with E-state index in [-0.39, 0.29) is 5.91 Å². The Bertz CT molecular complexity index is 703. The molecular weight excluding hydrogens is 282 g/mol. The van der Waals surface area contributed by atoms with Crippen molar-refractivity contribution in [3.8, 4) is 0 Å². The SMILES string of the molecule is CCCCC(=O)N=c1sc2cc(F)cc(F)c2n1CC. The molecule has 0 unspecified atom stereocenters. The van der Waals surface area contributed by atoms with Gasteiger partial charge in [0, 0.05) is 19.0 Å². The molecule has 2 aromatic rings. The summed E-state index contributed by atoms with van der Waals surface area (Å²) in [6.07, 6.45) is 2.08. The minimum absolute atomic E-state index is 0.221. The molecule has 1 heterocycles. The van der Waals surface area contributed by atoms with Crippen molar-refractivity contribution < 1.29 is 13.6 Å². The van der Waals surface area contributed by atoms with Crippen LogP contribution in [0.3, 0.4) is 0 Å². The van der Waals surface area contributed by atoms with Crippen molar-refractivity contribution in [1.82, 2.24) is 4.57 Å². The second kappa shape index (κ2) is 6.26. The highest BCUT2D eigenvalue weighted by Crippen LogP contribution is 2.22. The molecule has 0 aliphatic rings. The van der Waals surface area contributed by atoms with Crippen molar-refractivity contribution in [2.75, 3.05) is 0 Å². The third-order valence-corrected chi connectivity index (χ3v) is 4.00. The Morgan fingerprint density at radius 3 is 2.75 bits per heavy atom. The zero-order chi connectivity index (χ0) is 14.7. The van der Waals surface area contributed by atoms with Crippen molar-refractivity contribution in [1.29, 1.82) is 0 Å². The summed E-state index contributed by atoms with van der Waals surface area (Å²) in [5.74, 6) is -1.47. The van der Waals surface area contributed by atoms with Gasteiger partial charge >= 0.3 is 0 Å². The summed E-state index contributed by atoms with van der Waals surface area (Å²) >= 11 is 1.13. The number of carbonyl (C=O) groups excluding carboxylic acids is 1. The van der Waals surface area contributed by atoms with E-state index in [0.717, 1.165) is 30.2 Å². The normalized spacial score (nSPS) is 12.3. The molecule has 2 rings (SSSR count). The van der Waals surface area contributed by atoms with E-state index in [0.29, 0.717) is 28.0 Å². The van der Waals surface area contributed by atoms with Gasteiger partial charge in [0.1, 0.15) is 5.82 Å². The zero-order valence-electron chi connectivity index (χ0n) is 11.4. The molecule has 0 bridgehead atoms. The van der Waals surface area contributed by atoms with Gasteiger partial charge in [0.25, 0.3) is 0 Å². The summed E-state index contributed by atoms with van der Waals surface area (Å²) in [6, 6.07) is 2.12. The molecule has 1 amide bonds. The van der Waals surface area contributed by atoms with Crippen LogP contribution in [-0.4, -0.2) is 10.5 Å². The van der Waals surface area contributed by atoms with Crippen molar-refractivity contribution in [2.24, 2.45) is 4.99 Å². The number of hydrogen-bond donors (Lipinski definition) is 0. The quantitative estimate of drug-likeness (QED) is 0.849. The molecule has 1 aromatic heterocycles. The minimum Gasteiger partial charge on any atom is -0.314 e. The predicted octanol–water partition coefficient (Wildman–Crippen LogP) is 3.62. The summed E-state index contributed by atoms with van der Waals surface area (Å²) < 4.78 is 29.2. The summed E-state index contributed by atoms with van der Waals surface area (Å²) in [6.45, 7) is 4.31. The molecule has 0 saturated carbocycles. The Morgan fingerprint density at radius 2 is 2.10 bits per heavy atom. The number of fused-ring (bicyclic) bond motifs is 1. The van der Waals surface area contributed by atoms with Crippen LogP contribution in [0.2, 0.25) is 0 Å². The first-order valence-corrected chi connectivity index (χ1v) is 7.44. The Labute approximate surface area is 119 Å². The van der Waals surface area contributed by atoms with E-state index in [1.807, 2.05) is 13.8 Å². The first kappa shape index (κ1) is 14.8. The Kier molecular flexibility index (Phi) is 4.65. The lowest BCUT2D eigenvalue weighted by atomic mass is 10.2. The molecule has 1 aromatic carbocycles. The van der Waals surface area contributed by atoms with Gasteiger partial charge in [-0.15, -0.1) is 0 Å². The maximum Gasteiger partial charge on any atom is 0.248 e. The molecule has 0 fully saturated rings. The van der Waals surface area contributed by atoms with Gasteiger partial charge in [0.05, 0.1) is 10.2 Å². The molecule has 0 atom stereocenters. The van der Waals surface area contributed by atoms with E-state index in [9.17, 15) is 13.6 Å². The van der Waals surface area contributed by atoms with Crippen molar-refractivity contribution >= 4 is 27.5 Å². The Morgan fingerprint density at radius 1 is 1.35 bits per heavy atom. The smallest absolute Gasteiger partial charge is 0.248 e.